The van der Waals surface area contributed by atoms with E-state index in [1.807, 2.05) is 0 Å². The molecule has 0 aliphatic carbocycles. The number of hydrogen-bond donors (Lipinski definition) is 1. The van der Waals surface area contributed by atoms with E-state index in [1.54, 1.807) is 11.3 Å². The Kier molecular flexibility index (Phi) is 5.41. The summed E-state index contributed by atoms with van der Waals surface area (Å²) in [6.07, 6.45) is 4.25. The average molecular weight is 319 g/mol. The molecule has 0 fully saturated rings. The fourth-order valence-electron chi connectivity index (χ4n) is 2.69. The molecule has 1 unspecified atom stereocenters. The van der Waals surface area contributed by atoms with Crippen molar-refractivity contribution >= 4 is 16.9 Å². The Bertz CT molecular complexity index is 689. The molecule has 3 aromatic rings. The van der Waals surface area contributed by atoms with E-state index in [-0.39, 0.29) is 6.04 Å². The normalized spacial score (nSPS) is 11.9. The van der Waals surface area contributed by atoms with Crippen LogP contribution in [0.4, 0.5) is 0 Å². The summed E-state index contributed by atoms with van der Waals surface area (Å²) in [7, 11) is 0. The quantitative estimate of drug-likeness (QED) is 0.623. The highest BCUT2D eigenvalue weighted by Crippen LogP contribution is 2.26. The van der Waals surface area contributed by atoms with Gasteiger partial charge >= 0.3 is 0 Å². The number of nitrogens with two attached hydrogens (primary N) is 1. The number of benzene rings is 2. The first-order chi connectivity index (χ1) is 11.3. The van der Waals surface area contributed by atoms with E-state index in [1.165, 1.54) is 21.6 Å². The lowest BCUT2D eigenvalue weighted by molar-refractivity contribution is 0.673. The van der Waals surface area contributed by atoms with E-state index in [2.05, 4.69) is 84.3 Å². The molecule has 0 aliphatic rings. The van der Waals surface area contributed by atoms with Crippen molar-refractivity contribution in [2.45, 2.75) is 18.9 Å². The van der Waals surface area contributed by atoms with Crippen LogP contribution in [-0.2, 0) is 0 Å². The standard InChI is InChI=1S/C21H21NS/c22-20(21-15-8-16-23-21)14-7-13-19(17-9-3-1-4-10-17)18-11-5-2-6-12-18/h1-6,8-13,15-16,20H,7,14,22H2. The van der Waals surface area contributed by atoms with Gasteiger partial charge in [-0.1, -0.05) is 72.8 Å². The summed E-state index contributed by atoms with van der Waals surface area (Å²) >= 11 is 1.74. The molecule has 3 rings (SSSR count). The van der Waals surface area contributed by atoms with Gasteiger partial charge in [-0.15, -0.1) is 11.3 Å². The molecule has 0 saturated carbocycles. The lowest BCUT2D eigenvalue weighted by atomic mass is 9.96. The summed E-state index contributed by atoms with van der Waals surface area (Å²) in [6, 6.07) is 25.4. The van der Waals surface area contributed by atoms with Crippen LogP contribution in [0.15, 0.2) is 84.3 Å². The molecule has 1 heterocycles. The molecule has 2 aromatic carbocycles. The van der Waals surface area contributed by atoms with E-state index in [4.69, 9.17) is 5.73 Å². The highest BCUT2D eigenvalue weighted by Gasteiger charge is 2.07. The van der Waals surface area contributed by atoms with Crippen molar-refractivity contribution in [1.82, 2.24) is 0 Å². The third-order valence-corrected chi connectivity index (χ3v) is 4.91. The van der Waals surface area contributed by atoms with Gasteiger partial charge in [-0.05, 0) is 41.0 Å². The molecule has 23 heavy (non-hydrogen) atoms. The summed E-state index contributed by atoms with van der Waals surface area (Å²) in [6.45, 7) is 0. The molecular formula is C21H21NS. The SMILES string of the molecule is NC(CCC=C(c1ccccc1)c1ccccc1)c1cccs1. The monoisotopic (exact) mass is 319 g/mol. The van der Waals surface area contributed by atoms with Crippen LogP contribution in [0.1, 0.15) is 34.9 Å². The average Bonchev–Trinajstić information content (AvgIpc) is 3.15. The minimum absolute atomic E-state index is 0.124. The molecule has 0 radical (unpaired) electrons. The summed E-state index contributed by atoms with van der Waals surface area (Å²) in [5, 5.41) is 2.09. The fraction of sp³-hybridized carbons (Fsp3) is 0.143. The Hall–Kier alpha value is -2.16. The molecule has 0 aliphatic heterocycles. The maximum atomic E-state index is 6.28. The van der Waals surface area contributed by atoms with Crippen molar-refractivity contribution in [1.29, 1.82) is 0 Å². The van der Waals surface area contributed by atoms with E-state index in [9.17, 15) is 0 Å². The molecule has 0 amide bonds. The molecule has 2 N–H and O–H groups in total. The van der Waals surface area contributed by atoms with E-state index >= 15 is 0 Å². The maximum Gasteiger partial charge on any atom is 0.0392 e. The van der Waals surface area contributed by atoms with Crippen LogP contribution in [0.5, 0.6) is 0 Å². The fourth-order valence-corrected chi connectivity index (χ4v) is 3.45. The lowest BCUT2D eigenvalue weighted by Crippen LogP contribution is -2.07. The Labute approximate surface area is 142 Å². The first-order valence-corrected chi connectivity index (χ1v) is 8.82. The lowest BCUT2D eigenvalue weighted by Gasteiger charge is -2.11. The predicted molar refractivity (Wildman–Crippen MR) is 100 cm³/mol. The smallest absolute Gasteiger partial charge is 0.0392 e. The molecule has 2 heteroatoms. The molecule has 0 spiro atoms. The zero-order chi connectivity index (χ0) is 15.9. The second-order valence-electron chi connectivity index (χ2n) is 5.55. The van der Waals surface area contributed by atoms with Gasteiger partial charge in [-0.2, -0.15) is 0 Å². The minimum Gasteiger partial charge on any atom is -0.323 e. The largest absolute Gasteiger partial charge is 0.323 e. The Morgan fingerprint density at radius 3 is 2.00 bits per heavy atom. The van der Waals surface area contributed by atoms with Crippen LogP contribution in [0, 0.1) is 0 Å². The first kappa shape index (κ1) is 15.7. The van der Waals surface area contributed by atoms with Crippen molar-refractivity contribution in [3.8, 4) is 0 Å². The summed E-state index contributed by atoms with van der Waals surface area (Å²) in [4.78, 5) is 1.26. The van der Waals surface area contributed by atoms with Gasteiger partial charge < -0.3 is 5.73 Å². The molecule has 1 aromatic heterocycles. The molecular weight excluding hydrogens is 298 g/mol. The predicted octanol–water partition coefficient (Wildman–Crippen LogP) is 5.66. The van der Waals surface area contributed by atoms with Gasteiger partial charge in [-0.3, -0.25) is 0 Å². The van der Waals surface area contributed by atoms with Gasteiger partial charge in [0.05, 0.1) is 0 Å². The van der Waals surface area contributed by atoms with Gasteiger partial charge in [-0.25, -0.2) is 0 Å². The van der Waals surface area contributed by atoms with Crippen LogP contribution < -0.4 is 5.73 Å². The van der Waals surface area contributed by atoms with E-state index < -0.39 is 0 Å². The summed E-state index contributed by atoms with van der Waals surface area (Å²) < 4.78 is 0. The molecule has 1 nitrogen and oxygen atoms in total. The number of allylic oxidation sites excluding steroid dienone is 1. The van der Waals surface area contributed by atoms with Crippen LogP contribution in [0.2, 0.25) is 0 Å². The Morgan fingerprint density at radius 1 is 0.870 bits per heavy atom. The molecule has 1 atom stereocenters. The van der Waals surface area contributed by atoms with Gasteiger partial charge in [0.1, 0.15) is 0 Å². The highest BCUT2D eigenvalue weighted by atomic mass is 32.1. The third-order valence-electron chi connectivity index (χ3n) is 3.90. The van der Waals surface area contributed by atoms with Crippen molar-refractivity contribution in [2.75, 3.05) is 0 Å². The van der Waals surface area contributed by atoms with Gasteiger partial charge in [0.2, 0.25) is 0 Å². The second kappa shape index (κ2) is 7.91. The van der Waals surface area contributed by atoms with Gasteiger partial charge in [0.25, 0.3) is 0 Å². The van der Waals surface area contributed by atoms with Crippen molar-refractivity contribution < 1.29 is 0 Å². The van der Waals surface area contributed by atoms with Crippen molar-refractivity contribution in [2.24, 2.45) is 5.73 Å². The molecule has 116 valence electrons. The highest BCUT2D eigenvalue weighted by molar-refractivity contribution is 7.10. The second-order valence-corrected chi connectivity index (χ2v) is 6.53. The van der Waals surface area contributed by atoms with Crippen LogP contribution in [0.3, 0.4) is 0 Å². The minimum atomic E-state index is 0.124. The Morgan fingerprint density at radius 2 is 1.48 bits per heavy atom. The van der Waals surface area contributed by atoms with Crippen LogP contribution >= 0.6 is 11.3 Å². The third kappa shape index (κ3) is 4.19. The van der Waals surface area contributed by atoms with Crippen molar-refractivity contribution in [3.05, 3.63) is 100 Å². The number of rotatable bonds is 6. The first-order valence-electron chi connectivity index (χ1n) is 7.94. The Balaban J connectivity index is 1.78. The van der Waals surface area contributed by atoms with Gasteiger partial charge in [0.15, 0.2) is 0 Å². The van der Waals surface area contributed by atoms with Crippen LogP contribution in [0.25, 0.3) is 5.57 Å². The topological polar surface area (TPSA) is 26.0 Å². The van der Waals surface area contributed by atoms with Crippen LogP contribution in [-0.4, -0.2) is 0 Å². The van der Waals surface area contributed by atoms with E-state index in [0.717, 1.165) is 12.8 Å². The summed E-state index contributed by atoms with van der Waals surface area (Å²) in [5.41, 5.74) is 10.1. The zero-order valence-electron chi connectivity index (χ0n) is 13.1. The number of thiophene rings is 1. The molecule has 0 saturated heterocycles. The summed E-state index contributed by atoms with van der Waals surface area (Å²) in [5.74, 6) is 0. The van der Waals surface area contributed by atoms with Crippen molar-refractivity contribution in [3.63, 3.8) is 0 Å². The zero-order valence-corrected chi connectivity index (χ0v) is 13.9. The maximum absolute atomic E-state index is 6.28. The molecule has 0 bridgehead atoms. The van der Waals surface area contributed by atoms with Gasteiger partial charge in [0, 0.05) is 10.9 Å². The van der Waals surface area contributed by atoms with E-state index in [0.29, 0.717) is 0 Å². The number of hydrogen-bond acceptors (Lipinski definition) is 2.